The van der Waals surface area contributed by atoms with Crippen molar-refractivity contribution < 1.29 is 4.79 Å². The number of nitrogens with zero attached hydrogens (tertiary/aromatic N) is 3. The van der Waals surface area contributed by atoms with E-state index >= 15 is 0 Å². The maximum atomic E-state index is 12.5. The average Bonchev–Trinajstić information content (AvgIpc) is 2.58. The van der Waals surface area contributed by atoms with Crippen LogP contribution in [0.3, 0.4) is 0 Å². The lowest BCUT2D eigenvalue weighted by Gasteiger charge is -2.06. The molecule has 5 nitrogen and oxygen atoms in total. The summed E-state index contributed by atoms with van der Waals surface area (Å²) >= 11 is 2.13. The first-order chi connectivity index (χ1) is 11.1. The van der Waals surface area contributed by atoms with Gasteiger partial charge in [0, 0.05) is 9.13 Å². The van der Waals surface area contributed by atoms with Crippen LogP contribution in [0.2, 0.25) is 0 Å². The monoisotopic (exact) mass is 415 g/mol. The Labute approximate surface area is 145 Å². The van der Waals surface area contributed by atoms with Crippen molar-refractivity contribution >= 4 is 39.3 Å². The van der Waals surface area contributed by atoms with E-state index in [1.807, 2.05) is 12.1 Å². The zero-order chi connectivity index (χ0) is 16.4. The van der Waals surface area contributed by atoms with E-state index in [0.29, 0.717) is 22.0 Å². The van der Waals surface area contributed by atoms with E-state index in [9.17, 15) is 9.59 Å². The molecule has 0 aliphatic heterocycles. The summed E-state index contributed by atoms with van der Waals surface area (Å²) in [5, 5.41) is 9.27. The topological polar surface area (TPSA) is 75.8 Å². The molecule has 2 aromatic carbocycles. The smallest absolute Gasteiger partial charge is 0.261 e. The molecule has 0 unspecified atom stereocenters. The SMILES string of the molecule is N#Cc1ccc(C(=O)Cn2cnc3ccc(I)cc3c2=O)cc1. The minimum Gasteiger partial charge on any atom is -0.292 e. The number of carbonyl (C=O) groups excluding carboxylic acids is 1. The van der Waals surface area contributed by atoms with Crippen LogP contribution in [-0.4, -0.2) is 15.3 Å². The first-order valence-electron chi connectivity index (χ1n) is 6.76. The van der Waals surface area contributed by atoms with Crippen molar-refractivity contribution in [2.45, 2.75) is 6.54 Å². The van der Waals surface area contributed by atoms with Gasteiger partial charge in [0.1, 0.15) is 0 Å². The number of ketones is 1. The molecule has 3 aromatic rings. The van der Waals surface area contributed by atoms with Crippen LogP contribution in [0.25, 0.3) is 10.9 Å². The second kappa shape index (κ2) is 6.30. The Morgan fingerprint density at radius 2 is 1.96 bits per heavy atom. The lowest BCUT2D eigenvalue weighted by Crippen LogP contribution is -2.24. The van der Waals surface area contributed by atoms with E-state index in [4.69, 9.17) is 5.26 Å². The van der Waals surface area contributed by atoms with Crippen LogP contribution >= 0.6 is 22.6 Å². The van der Waals surface area contributed by atoms with Gasteiger partial charge in [-0.05, 0) is 52.9 Å². The number of carbonyl (C=O) groups is 1. The summed E-state index contributed by atoms with van der Waals surface area (Å²) in [4.78, 5) is 29.0. The summed E-state index contributed by atoms with van der Waals surface area (Å²) in [5.74, 6) is -0.205. The van der Waals surface area contributed by atoms with E-state index in [1.165, 1.54) is 10.9 Å². The summed E-state index contributed by atoms with van der Waals surface area (Å²) < 4.78 is 2.24. The molecule has 0 atom stereocenters. The van der Waals surface area contributed by atoms with Gasteiger partial charge in [0.15, 0.2) is 5.78 Å². The Bertz CT molecular complexity index is 1000. The third kappa shape index (κ3) is 3.14. The highest BCUT2D eigenvalue weighted by molar-refractivity contribution is 14.1. The molecule has 0 saturated heterocycles. The minimum atomic E-state index is -0.240. The molecule has 112 valence electrons. The molecule has 3 rings (SSSR count). The summed E-state index contributed by atoms with van der Waals surface area (Å²) in [6.45, 7) is -0.0842. The molecule has 0 bridgehead atoms. The summed E-state index contributed by atoms with van der Waals surface area (Å²) in [6.07, 6.45) is 1.39. The van der Waals surface area contributed by atoms with Crippen LogP contribution in [0, 0.1) is 14.9 Å². The van der Waals surface area contributed by atoms with Crippen molar-refractivity contribution in [2.75, 3.05) is 0 Å². The maximum Gasteiger partial charge on any atom is 0.261 e. The number of Topliss-reactive ketones (excluding diaryl/α,β-unsaturated/α-hetero) is 1. The van der Waals surface area contributed by atoms with Crippen LogP contribution in [0.5, 0.6) is 0 Å². The predicted molar refractivity (Wildman–Crippen MR) is 94.2 cm³/mol. The Kier molecular flexibility index (Phi) is 4.21. The molecule has 0 aliphatic rings. The van der Waals surface area contributed by atoms with E-state index < -0.39 is 0 Å². The zero-order valence-corrected chi connectivity index (χ0v) is 14.0. The van der Waals surface area contributed by atoms with Crippen LogP contribution in [0.4, 0.5) is 0 Å². The fourth-order valence-corrected chi connectivity index (χ4v) is 2.71. The van der Waals surface area contributed by atoms with Gasteiger partial charge in [-0.3, -0.25) is 14.2 Å². The predicted octanol–water partition coefficient (Wildman–Crippen LogP) is 2.76. The second-order valence-corrected chi connectivity index (χ2v) is 6.20. The highest BCUT2D eigenvalue weighted by Crippen LogP contribution is 2.12. The number of fused-ring (bicyclic) bond motifs is 1. The molecule has 0 fully saturated rings. The Balaban J connectivity index is 1.94. The van der Waals surface area contributed by atoms with Gasteiger partial charge in [0.25, 0.3) is 5.56 Å². The zero-order valence-electron chi connectivity index (χ0n) is 11.9. The first kappa shape index (κ1) is 15.4. The number of nitriles is 1. The molecule has 0 N–H and O–H groups in total. The van der Waals surface area contributed by atoms with Crippen molar-refractivity contribution in [3.8, 4) is 6.07 Å². The third-order valence-corrected chi connectivity index (χ3v) is 4.11. The Morgan fingerprint density at radius 1 is 1.22 bits per heavy atom. The van der Waals surface area contributed by atoms with Crippen molar-refractivity contribution in [1.29, 1.82) is 5.26 Å². The quantitative estimate of drug-likeness (QED) is 0.487. The fourth-order valence-electron chi connectivity index (χ4n) is 2.22. The molecular weight excluding hydrogens is 405 g/mol. The number of aromatic nitrogens is 2. The summed E-state index contributed by atoms with van der Waals surface area (Å²) in [7, 11) is 0. The average molecular weight is 415 g/mol. The summed E-state index contributed by atoms with van der Waals surface area (Å²) in [6, 6.07) is 13.8. The van der Waals surface area contributed by atoms with Crippen LogP contribution in [0.15, 0.2) is 53.6 Å². The van der Waals surface area contributed by atoms with E-state index in [1.54, 1.807) is 36.4 Å². The number of hydrogen-bond donors (Lipinski definition) is 0. The Hall–Kier alpha value is -2.53. The number of benzene rings is 2. The van der Waals surface area contributed by atoms with Crippen LogP contribution in [-0.2, 0) is 6.54 Å². The van der Waals surface area contributed by atoms with Crippen LogP contribution < -0.4 is 5.56 Å². The van der Waals surface area contributed by atoms with Crippen molar-refractivity contribution in [3.63, 3.8) is 0 Å². The standard InChI is InChI=1S/C17H10IN3O2/c18-13-5-6-15-14(7-13)17(23)21(10-20-15)9-16(22)12-3-1-11(8-19)2-4-12/h1-7,10H,9H2. The second-order valence-electron chi connectivity index (χ2n) is 4.95. The maximum absolute atomic E-state index is 12.5. The highest BCUT2D eigenvalue weighted by atomic mass is 127. The normalized spacial score (nSPS) is 10.4. The van der Waals surface area contributed by atoms with Gasteiger partial charge in [0.05, 0.1) is 35.4 Å². The number of halogens is 1. The highest BCUT2D eigenvalue weighted by Gasteiger charge is 2.10. The largest absolute Gasteiger partial charge is 0.292 e. The fraction of sp³-hybridized carbons (Fsp3) is 0.0588. The van der Waals surface area contributed by atoms with Gasteiger partial charge in [-0.15, -0.1) is 0 Å². The van der Waals surface area contributed by atoms with Gasteiger partial charge in [-0.25, -0.2) is 4.98 Å². The lowest BCUT2D eigenvalue weighted by atomic mass is 10.1. The van der Waals surface area contributed by atoms with Gasteiger partial charge in [0.2, 0.25) is 0 Å². The van der Waals surface area contributed by atoms with Gasteiger partial charge >= 0.3 is 0 Å². The molecule has 0 aliphatic carbocycles. The van der Waals surface area contributed by atoms with Crippen LogP contribution in [0.1, 0.15) is 15.9 Å². The number of rotatable bonds is 3. The molecule has 0 amide bonds. The minimum absolute atomic E-state index is 0.0842. The molecule has 23 heavy (non-hydrogen) atoms. The molecule has 6 heteroatoms. The van der Waals surface area contributed by atoms with Crippen molar-refractivity contribution in [1.82, 2.24) is 9.55 Å². The van der Waals surface area contributed by atoms with Crippen molar-refractivity contribution in [2.24, 2.45) is 0 Å². The number of hydrogen-bond acceptors (Lipinski definition) is 4. The molecule has 0 saturated carbocycles. The molecule has 1 heterocycles. The van der Waals surface area contributed by atoms with Gasteiger partial charge < -0.3 is 0 Å². The molecular formula is C17H10IN3O2. The summed E-state index contributed by atoms with van der Waals surface area (Å²) in [5.41, 5.74) is 1.31. The Morgan fingerprint density at radius 3 is 2.65 bits per heavy atom. The van der Waals surface area contributed by atoms with E-state index in [-0.39, 0.29) is 17.9 Å². The first-order valence-corrected chi connectivity index (χ1v) is 7.84. The lowest BCUT2D eigenvalue weighted by molar-refractivity contribution is 0.0970. The van der Waals surface area contributed by atoms with Gasteiger partial charge in [-0.2, -0.15) is 5.26 Å². The molecule has 0 radical (unpaired) electrons. The molecule has 1 aromatic heterocycles. The van der Waals surface area contributed by atoms with Crippen molar-refractivity contribution in [3.05, 3.63) is 73.8 Å². The van der Waals surface area contributed by atoms with E-state index in [2.05, 4.69) is 27.6 Å². The van der Waals surface area contributed by atoms with Gasteiger partial charge in [-0.1, -0.05) is 12.1 Å². The molecule has 0 spiro atoms. The third-order valence-electron chi connectivity index (χ3n) is 3.44. The van der Waals surface area contributed by atoms with E-state index in [0.717, 1.165) is 3.57 Å².